The standard InChI is InChI=1S/C12H20N4O4/c1-19-4-2-5-20-6-3-15-7-10(8-15)16-9-11(12(17)18)13-14-16/h9-10H,2-8H2,1H3,(H,17,18). The molecule has 0 atom stereocenters. The number of aromatic nitrogens is 3. The molecule has 1 saturated heterocycles. The van der Waals surface area contributed by atoms with Crippen molar-refractivity contribution < 1.29 is 19.4 Å². The second-order valence-corrected chi connectivity index (χ2v) is 4.76. The van der Waals surface area contributed by atoms with Crippen LogP contribution in [0.1, 0.15) is 23.0 Å². The molecule has 0 amide bonds. The van der Waals surface area contributed by atoms with Crippen LogP contribution in [-0.2, 0) is 9.47 Å². The minimum absolute atomic E-state index is 0.00933. The van der Waals surface area contributed by atoms with Gasteiger partial charge in [-0.15, -0.1) is 5.10 Å². The number of hydrogen-bond donors (Lipinski definition) is 1. The summed E-state index contributed by atoms with van der Waals surface area (Å²) in [5, 5.41) is 16.2. The van der Waals surface area contributed by atoms with E-state index >= 15 is 0 Å². The van der Waals surface area contributed by atoms with Crippen LogP contribution in [-0.4, -0.2) is 77.5 Å². The molecule has 1 fully saturated rings. The van der Waals surface area contributed by atoms with Crippen molar-refractivity contribution in [3.63, 3.8) is 0 Å². The number of aromatic carboxylic acids is 1. The monoisotopic (exact) mass is 284 g/mol. The van der Waals surface area contributed by atoms with Gasteiger partial charge in [-0.05, 0) is 6.42 Å². The van der Waals surface area contributed by atoms with Crippen molar-refractivity contribution >= 4 is 5.97 Å². The van der Waals surface area contributed by atoms with E-state index in [1.54, 1.807) is 11.8 Å². The number of likely N-dealkylation sites (tertiary alicyclic amines) is 1. The quantitative estimate of drug-likeness (QED) is 0.632. The van der Waals surface area contributed by atoms with Gasteiger partial charge in [-0.25, -0.2) is 9.48 Å². The largest absolute Gasteiger partial charge is 0.476 e. The molecule has 8 heteroatoms. The van der Waals surface area contributed by atoms with Crippen LogP contribution in [0.5, 0.6) is 0 Å². The topological polar surface area (TPSA) is 89.7 Å². The molecular weight excluding hydrogens is 264 g/mol. The van der Waals surface area contributed by atoms with Gasteiger partial charge in [0.25, 0.3) is 0 Å². The molecule has 1 aliphatic heterocycles. The lowest BCUT2D eigenvalue weighted by atomic mass is 10.1. The minimum atomic E-state index is -1.04. The highest BCUT2D eigenvalue weighted by Crippen LogP contribution is 2.19. The molecule has 1 N–H and O–H groups in total. The second-order valence-electron chi connectivity index (χ2n) is 4.76. The average molecular weight is 284 g/mol. The molecule has 0 aliphatic carbocycles. The van der Waals surface area contributed by atoms with Gasteiger partial charge in [-0.1, -0.05) is 5.21 Å². The first kappa shape index (κ1) is 14.9. The maximum Gasteiger partial charge on any atom is 0.358 e. The first-order valence-electron chi connectivity index (χ1n) is 6.65. The Balaban J connectivity index is 1.58. The molecule has 0 radical (unpaired) electrons. The van der Waals surface area contributed by atoms with Gasteiger partial charge in [0.05, 0.1) is 18.8 Å². The van der Waals surface area contributed by atoms with E-state index in [2.05, 4.69) is 15.2 Å². The molecule has 112 valence electrons. The van der Waals surface area contributed by atoms with Crippen LogP contribution in [0, 0.1) is 0 Å². The maximum absolute atomic E-state index is 10.7. The lowest BCUT2D eigenvalue weighted by Gasteiger charge is -2.38. The fourth-order valence-electron chi connectivity index (χ4n) is 2.05. The summed E-state index contributed by atoms with van der Waals surface area (Å²) in [5.74, 6) is -1.04. The number of ether oxygens (including phenoxy) is 2. The molecule has 0 unspecified atom stereocenters. The highest BCUT2D eigenvalue weighted by Gasteiger charge is 2.29. The zero-order valence-electron chi connectivity index (χ0n) is 11.6. The summed E-state index contributed by atoms with van der Waals surface area (Å²) >= 11 is 0. The van der Waals surface area contributed by atoms with Gasteiger partial charge in [0, 0.05) is 40.0 Å². The third-order valence-electron chi connectivity index (χ3n) is 3.23. The fourth-order valence-corrected chi connectivity index (χ4v) is 2.05. The molecule has 1 aromatic rings. The number of carbonyl (C=O) groups is 1. The second kappa shape index (κ2) is 7.32. The molecule has 1 aromatic heterocycles. The molecule has 8 nitrogen and oxygen atoms in total. The number of methoxy groups -OCH3 is 1. The summed E-state index contributed by atoms with van der Waals surface area (Å²) in [7, 11) is 1.68. The Morgan fingerprint density at radius 1 is 1.45 bits per heavy atom. The van der Waals surface area contributed by atoms with Gasteiger partial charge in [0.2, 0.25) is 0 Å². The number of carboxylic acid groups (broad SMARTS) is 1. The number of nitrogens with zero attached hydrogens (tertiary/aromatic N) is 4. The molecule has 2 rings (SSSR count). The zero-order chi connectivity index (χ0) is 14.4. The molecular formula is C12H20N4O4. The average Bonchev–Trinajstić information content (AvgIpc) is 2.85. The van der Waals surface area contributed by atoms with Gasteiger partial charge >= 0.3 is 5.97 Å². The molecule has 0 saturated carbocycles. The summed E-state index contributed by atoms with van der Waals surface area (Å²) < 4.78 is 12.0. The molecule has 0 aromatic carbocycles. The van der Waals surface area contributed by atoms with Crippen molar-refractivity contribution in [1.82, 2.24) is 19.9 Å². The van der Waals surface area contributed by atoms with Crippen molar-refractivity contribution in [2.75, 3.05) is 46.6 Å². The summed E-state index contributed by atoms with van der Waals surface area (Å²) in [6.07, 6.45) is 2.39. The summed E-state index contributed by atoms with van der Waals surface area (Å²) in [5.41, 5.74) is -0.00933. The normalized spacial score (nSPS) is 16.2. The molecule has 0 bridgehead atoms. The number of hydrogen-bond acceptors (Lipinski definition) is 6. The van der Waals surface area contributed by atoms with E-state index in [1.807, 2.05) is 0 Å². The van der Waals surface area contributed by atoms with E-state index in [0.717, 1.165) is 39.3 Å². The summed E-state index contributed by atoms with van der Waals surface area (Å²) in [6.45, 7) is 4.73. The predicted molar refractivity (Wildman–Crippen MR) is 69.8 cm³/mol. The predicted octanol–water partition coefficient (Wildman–Crippen LogP) is -0.114. The van der Waals surface area contributed by atoms with Gasteiger partial charge in [-0.3, -0.25) is 4.90 Å². The molecule has 0 spiro atoms. The summed E-state index contributed by atoms with van der Waals surface area (Å²) in [6, 6.07) is 0.212. The number of carboxylic acids is 1. The maximum atomic E-state index is 10.7. The van der Waals surface area contributed by atoms with E-state index in [1.165, 1.54) is 6.20 Å². The van der Waals surface area contributed by atoms with E-state index < -0.39 is 5.97 Å². The van der Waals surface area contributed by atoms with Gasteiger partial charge < -0.3 is 14.6 Å². The highest BCUT2D eigenvalue weighted by atomic mass is 16.5. The first-order chi connectivity index (χ1) is 9.70. The first-order valence-corrected chi connectivity index (χ1v) is 6.65. The van der Waals surface area contributed by atoms with E-state index in [0.29, 0.717) is 6.61 Å². The van der Waals surface area contributed by atoms with Crippen molar-refractivity contribution in [2.45, 2.75) is 12.5 Å². The van der Waals surface area contributed by atoms with Crippen molar-refractivity contribution in [2.24, 2.45) is 0 Å². The molecule has 1 aliphatic rings. The van der Waals surface area contributed by atoms with Crippen LogP contribution in [0.4, 0.5) is 0 Å². The van der Waals surface area contributed by atoms with Gasteiger partial charge in [-0.2, -0.15) is 0 Å². The Bertz CT molecular complexity index is 431. The minimum Gasteiger partial charge on any atom is -0.476 e. The lowest BCUT2D eigenvalue weighted by molar-refractivity contribution is 0.0417. The van der Waals surface area contributed by atoms with Crippen molar-refractivity contribution in [3.8, 4) is 0 Å². The Labute approximate surface area is 117 Å². The lowest BCUT2D eigenvalue weighted by Crippen LogP contribution is -2.49. The smallest absolute Gasteiger partial charge is 0.358 e. The Kier molecular flexibility index (Phi) is 5.45. The Morgan fingerprint density at radius 3 is 2.90 bits per heavy atom. The highest BCUT2D eigenvalue weighted by molar-refractivity contribution is 5.84. The van der Waals surface area contributed by atoms with Gasteiger partial charge in [0.1, 0.15) is 0 Å². The van der Waals surface area contributed by atoms with E-state index in [4.69, 9.17) is 14.6 Å². The van der Waals surface area contributed by atoms with E-state index in [9.17, 15) is 4.79 Å². The third kappa shape index (κ3) is 3.99. The van der Waals surface area contributed by atoms with Crippen LogP contribution < -0.4 is 0 Å². The van der Waals surface area contributed by atoms with Gasteiger partial charge in [0.15, 0.2) is 5.69 Å². The van der Waals surface area contributed by atoms with Crippen LogP contribution in [0.2, 0.25) is 0 Å². The zero-order valence-corrected chi connectivity index (χ0v) is 11.6. The summed E-state index contributed by atoms with van der Waals surface area (Å²) in [4.78, 5) is 12.9. The third-order valence-corrected chi connectivity index (χ3v) is 3.23. The molecule has 2 heterocycles. The SMILES string of the molecule is COCCCOCCN1CC(n2cc(C(=O)O)nn2)C1. The Hall–Kier alpha value is -1.51. The van der Waals surface area contributed by atoms with Crippen LogP contribution >= 0.6 is 0 Å². The van der Waals surface area contributed by atoms with Crippen LogP contribution in [0.25, 0.3) is 0 Å². The fraction of sp³-hybridized carbons (Fsp3) is 0.750. The van der Waals surface area contributed by atoms with Crippen LogP contribution in [0.15, 0.2) is 6.20 Å². The Morgan fingerprint density at radius 2 is 2.25 bits per heavy atom. The van der Waals surface area contributed by atoms with Crippen LogP contribution in [0.3, 0.4) is 0 Å². The van der Waals surface area contributed by atoms with Crippen molar-refractivity contribution in [1.29, 1.82) is 0 Å². The van der Waals surface area contributed by atoms with E-state index in [-0.39, 0.29) is 11.7 Å². The molecule has 20 heavy (non-hydrogen) atoms. The number of rotatable bonds is 9. The van der Waals surface area contributed by atoms with Crippen molar-refractivity contribution in [3.05, 3.63) is 11.9 Å².